The van der Waals surface area contributed by atoms with E-state index in [0.717, 1.165) is 17.5 Å². The monoisotopic (exact) mass is 319 g/mol. The predicted octanol–water partition coefficient (Wildman–Crippen LogP) is 4.28. The minimum Gasteiger partial charge on any atom is -0.321 e. The Bertz CT molecular complexity index is 840. The summed E-state index contributed by atoms with van der Waals surface area (Å²) in [5, 5.41) is 5.27. The summed E-state index contributed by atoms with van der Waals surface area (Å²) in [6.07, 6.45) is 5.05. The highest BCUT2D eigenvalue weighted by atomic mass is 16.1. The standard InChI is InChI=1S/C21H22N2O/c1-3-16(2)17-8-10-20(11-9-17)22-21(24)15-23-13-12-18-6-4-5-7-19(18)14-23/h4-14,16H,3,15H2,1-2H3/p+1/t16-/m0/s1. The SMILES string of the molecule is CC[C@H](C)c1ccc(NC(=O)C[n+]2ccc3ccccc3c2)cc1. The van der Waals surface area contributed by atoms with Crippen molar-refractivity contribution in [2.24, 2.45) is 0 Å². The molecule has 0 saturated heterocycles. The van der Waals surface area contributed by atoms with E-state index in [0.29, 0.717) is 12.5 Å². The average Bonchev–Trinajstić information content (AvgIpc) is 2.61. The van der Waals surface area contributed by atoms with Crippen LogP contribution in [0.1, 0.15) is 31.7 Å². The second kappa shape index (κ2) is 7.26. The van der Waals surface area contributed by atoms with Gasteiger partial charge in [-0.1, -0.05) is 44.2 Å². The molecule has 0 unspecified atom stereocenters. The van der Waals surface area contributed by atoms with Crippen molar-refractivity contribution < 1.29 is 9.36 Å². The van der Waals surface area contributed by atoms with E-state index in [-0.39, 0.29) is 5.91 Å². The van der Waals surface area contributed by atoms with Crippen LogP contribution in [0.15, 0.2) is 67.0 Å². The molecule has 3 heteroatoms. The van der Waals surface area contributed by atoms with Crippen LogP contribution in [0.3, 0.4) is 0 Å². The van der Waals surface area contributed by atoms with Crippen LogP contribution in [0.5, 0.6) is 0 Å². The highest BCUT2D eigenvalue weighted by molar-refractivity contribution is 5.89. The van der Waals surface area contributed by atoms with Crippen LogP contribution in [0.4, 0.5) is 5.69 Å². The number of carbonyl (C=O) groups excluding carboxylic acids is 1. The lowest BCUT2D eigenvalue weighted by molar-refractivity contribution is -0.682. The molecule has 0 radical (unpaired) electrons. The van der Waals surface area contributed by atoms with Crippen LogP contribution in [-0.4, -0.2) is 5.91 Å². The maximum absolute atomic E-state index is 12.3. The van der Waals surface area contributed by atoms with Crippen molar-refractivity contribution in [1.29, 1.82) is 0 Å². The Morgan fingerprint density at radius 1 is 1.04 bits per heavy atom. The largest absolute Gasteiger partial charge is 0.321 e. The molecule has 24 heavy (non-hydrogen) atoms. The van der Waals surface area contributed by atoms with E-state index in [1.807, 2.05) is 47.3 Å². The van der Waals surface area contributed by atoms with Gasteiger partial charge in [-0.25, -0.2) is 0 Å². The van der Waals surface area contributed by atoms with Crippen molar-refractivity contribution in [2.45, 2.75) is 32.7 Å². The first-order valence-corrected chi connectivity index (χ1v) is 8.43. The first-order chi connectivity index (χ1) is 11.7. The molecule has 122 valence electrons. The third-order valence-corrected chi connectivity index (χ3v) is 4.45. The first-order valence-electron chi connectivity index (χ1n) is 8.43. The topological polar surface area (TPSA) is 33.0 Å². The van der Waals surface area contributed by atoms with Gasteiger partial charge < -0.3 is 5.32 Å². The number of fused-ring (bicyclic) bond motifs is 1. The van der Waals surface area contributed by atoms with Gasteiger partial charge >= 0.3 is 0 Å². The number of rotatable bonds is 5. The van der Waals surface area contributed by atoms with Gasteiger partial charge in [0, 0.05) is 17.1 Å². The van der Waals surface area contributed by atoms with E-state index < -0.39 is 0 Å². The zero-order valence-electron chi connectivity index (χ0n) is 14.2. The molecule has 1 atom stereocenters. The van der Waals surface area contributed by atoms with Gasteiger partial charge in [0.25, 0.3) is 5.91 Å². The summed E-state index contributed by atoms with van der Waals surface area (Å²) in [5.41, 5.74) is 2.15. The Balaban J connectivity index is 1.66. The Morgan fingerprint density at radius 2 is 1.75 bits per heavy atom. The molecule has 0 saturated carbocycles. The summed E-state index contributed by atoms with van der Waals surface area (Å²) in [6, 6.07) is 18.3. The number of amides is 1. The summed E-state index contributed by atoms with van der Waals surface area (Å²) in [5.74, 6) is 0.523. The van der Waals surface area contributed by atoms with E-state index in [1.165, 1.54) is 10.9 Å². The van der Waals surface area contributed by atoms with Gasteiger partial charge in [-0.2, -0.15) is 4.57 Å². The summed E-state index contributed by atoms with van der Waals surface area (Å²) < 4.78 is 1.91. The normalized spacial score (nSPS) is 12.1. The average molecular weight is 319 g/mol. The molecule has 0 aliphatic rings. The Hall–Kier alpha value is -2.68. The highest BCUT2D eigenvalue weighted by Crippen LogP contribution is 2.20. The maximum atomic E-state index is 12.3. The van der Waals surface area contributed by atoms with Crippen molar-refractivity contribution >= 4 is 22.4 Å². The molecule has 3 nitrogen and oxygen atoms in total. The third-order valence-electron chi connectivity index (χ3n) is 4.45. The van der Waals surface area contributed by atoms with Crippen molar-refractivity contribution in [3.05, 3.63) is 72.6 Å². The van der Waals surface area contributed by atoms with E-state index in [9.17, 15) is 4.79 Å². The highest BCUT2D eigenvalue weighted by Gasteiger charge is 2.11. The quantitative estimate of drug-likeness (QED) is 0.700. The van der Waals surface area contributed by atoms with Crippen LogP contribution in [0, 0.1) is 0 Å². The van der Waals surface area contributed by atoms with Crippen molar-refractivity contribution in [2.75, 3.05) is 5.32 Å². The van der Waals surface area contributed by atoms with Crippen molar-refractivity contribution in [3.63, 3.8) is 0 Å². The molecule has 1 heterocycles. The van der Waals surface area contributed by atoms with Crippen LogP contribution in [0.25, 0.3) is 10.8 Å². The summed E-state index contributed by atoms with van der Waals surface area (Å²) in [6.45, 7) is 4.70. The number of aromatic nitrogens is 1. The molecule has 0 aliphatic heterocycles. The fraction of sp³-hybridized carbons (Fsp3) is 0.238. The molecule has 3 aromatic rings. The Labute approximate surface area is 143 Å². The van der Waals surface area contributed by atoms with Gasteiger partial charge in [-0.3, -0.25) is 4.79 Å². The summed E-state index contributed by atoms with van der Waals surface area (Å²) in [7, 11) is 0. The number of benzene rings is 2. The molecular formula is C21H23N2O+. The molecule has 0 bridgehead atoms. The zero-order chi connectivity index (χ0) is 16.9. The number of carbonyl (C=O) groups is 1. The lowest BCUT2D eigenvalue weighted by Crippen LogP contribution is -2.39. The van der Waals surface area contributed by atoms with Crippen molar-refractivity contribution in [1.82, 2.24) is 0 Å². The molecule has 3 rings (SSSR count). The minimum absolute atomic E-state index is 0.0217. The first kappa shape index (κ1) is 16.2. The second-order valence-corrected chi connectivity index (χ2v) is 6.23. The Morgan fingerprint density at radius 3 is 2.46 bits per heavy atom. The molecule has 0 aliphatic carbocycles. The number of hydrogen-bond donors (Lipinski definition) is 1. The Kier molecular flexibility index (Phi) is 4.90. The van der Waals surface area contributed by atoms with Gasteiger partial charge in [0.15, 0.2) is 12.4 Å². The van der Waals surface area contributed by atoms with E-state index in [4.69, 9.17) is 0 Å². The van der Waals surface area contributed by atoms with Crippen LogP contribution < -0.4 is 9.88 Å². The fourth-order valence-corrected chi connectivity index (χ4v) is 2.77. The third kappa shape index (κ3) is 3.80. The molecule has 1 amide bonds. The molecule has 1 aromatic heterocycles. The van der Waals surface area contributed by atoms with Gasteiger partial charge in [-0.15, -0.1) is 0 Å². The number of nitrogens with one attached hydrogen (secondary N) is 1. The predicted molar refractivity (Wildman–Crippen MR) is 97.9 cm³/mol. The van der Waals surface area contributed by atoms with Crippen LogP contribution in [0.2, 0.25) is 0 Å². The summed E-state index contributed by atoms with van der Waals surface area (Å²) in [4.78, 5) is 12.3. The van der Waals surface area contributed by atoms with Crippen LogP contribution >= 0.6 is 0 Å². The number of pyridine rings is 1. The van der Waals surface area contributed by atoms with Crippen molar-refractivity contribution in [3.8, 4) is 0 Å². The maximum Gasteiger partial charge on any atom is 0.290 e. The molecular weight excluding hydrogens is 296 g/mol. The van der Waals surface area contributed by atoms with Crippen LogP contribution in [-0.2, 0) is 11.3 Å². The van der Waals surface area contributed by atoms with E-state index in [2.05, 4.69) is 43.4 Å². The molecule has 1 N–H and O–H groups in total. The lowest BCUT2D eigenvalue weighted by atomic mass is 9.99. The number of hydrogen-bond acceptors (Lipinski definition) is 1. The second-order valence-electron chi connectivity index (χ2n) is 6.23. The minimum atomic E-state index is -0.0217. The number of anilines is 1. The van der Waals surface area contributed by atoms with Gasteiger partial charge in [0.05, 0.1) is 0 Å². The van der Waals surface area contributed by atoms with Gasteiger partial charge in [0.2, 0.25) is 6.54 Å². The lowest BCUT2D eigenvalue weighted by Gasteiger charge is -2.10. The van der Waals surface area contributed by atoms with Gasteiger partial charge in [0.1, 0.15) is 0 Å². The summed E-state index contributed by atoms with van der Waals surface area (Å²) >= 11 is 0. The molecule has 2 aromatic carbocycles. The molecule has 0 fully saturated rings. The molecule has 0 spiro atoms. The number of nitrogens with zero attached hydrogens (tertiary/aromatic N) is 1. The zero-order valence-corrected chi connectivity index (χ0v) is 14.2. The van der Waals surface area contributed by atoms with E-state index in [1.54, 1.807) is 0 Å². The van der Waals surface area contributed by atoms with Gasteiger partial charge in [-0.05, 0) is 41.5 Å². The fourth-order valence-electron chi connectivity index (χ4n) is 2.77. The van der Waals surface area contributed by atoms with E-state index >= 15 is 0 Å². The smallest absolute Gasteiger partial charge is 0.290 e.